The Bertz CT molecular complexity index is 452. The molecule has 1 unspecified atom stereocenters. The van der Waals surface area contributed by atoms with Crippen molar-refractivity contribution in [3.8, 4) is 0 Å². The number of hydrogen-bond donors (Lipinski definition) is 1. The highest BCUT2D eigenvalue weighted by atomic mass is 32.5. The SMILES string of the molecule is COC[C@H]1O[C@@H](C)[C@H](OP(O)(=S)OC[C@H]2O[C@@H](C)C[C@@H]2OC)[C@@H]1C. The van der Waals surface area contributed by atoms with Crippen LogP contribution in [0.2, 0.25) is 0 Å². The van der Waals surface area contributed by atoms with E-state index >= 15 is 0 Å². The maximum Gasteiger partial charge on any atom is 0.324 e. The fourth-order valence-corrected chi connectivity index (χ4v) is 4.87. The average molecular weight is 384 g/mol. The van der Waals surface area contributed by atoms with Crippen LogP contribution in [0.3, 0.4) is 0 Å². The molecule has 0 aromatic rings. The van der Waals surface area contributed by atoms with Gasteiger partial charge in [-0.3, -0.25) is 0 Å². The Morgan fingerprint density at radius 2 is 1.83 bits per heavy atom. The predicted octanol–water partition coefficient (Wildman–Crippen LogP) is 1.87. The minimum atomic E-state index is -3.39. The summed E-state index contributed by atoms with van der Waals surface area (Å²) < 4.78 is 33.3. The van der Waals surface area contributed by atoms with Crippen molar-refractivity contribution in [3.05, 3.63) is 0 Å². The van der Waals surface area contributed by atoms with Gasteiger partial charge in [0.25, 0.3) is 0 Å². The van der Waals surface area contributed by atoms with Gasteiger partial charge >= 0.3 is 6.72 Å². The van der Waals surface area contributed by atoms with E-state index < -0.39 is 6.72 Å². The quantitative estimate of drug-likeness (QED) is 0.636. The number of ether oxygens (including phenoxy) is 4. The Hall–Kier alpha value is 0.370. The average Bonchev–Trinajstić information content (AvgIpc) is 3.00. The van der Waals surface area contributed by atoms with E-state index in [2.05, 4.69) is 0 Å². The molecule has 0 saturated carbocycles. The normalized spacial score (nSPS) is 42.3. The summed E-state index contributed by atoms with van der Waals surface area (Å²) in [6.45, 7) is 3.10. The van der Waals surface area contributed by atoms with E-state index in [-0.39, 0.29) is 49.1 Å². The Kier molecular flexibility index (Phi) is 7.62. The highest BCUT2D eigenvalue weighted by Crippen LogP contribution is 2.49. The molecule has 9 heteroatoms. The first kappa shape index (κ1) is 20.7. The van der Waals surface area contributed by atoms with E-state index in [0.717, 1.165) is 6.42 Å². The zero-order chi connectivity index (χ0) is 17.9. The number of methoxy groups -OCH3 is 2. The summed E-state index contributed by atoms with van der Waals surface area (Å²) in [5.41, 5.74) is 0. The second-order valence-electron chi connectivity index (χ2n) is 6.52. The number of hydrogen-bond acceptors (Lipinski definition) is 7. The Labute approximate surface area is 149 Å². The zero-order valence-electron chi connectivity index (χ0n) is 14.9. The Balaban J connectivity index is 1.88. The lowest BCUT2D eigenvalue weighted by atomic mass is 9.99. The molecule has 0 spiro atoms. The summed E-state index contributed by atoms with van der Waals surface area (Å²) in [5.74, 6) is 0.0486. The molecule has 7 nitrogen and oxygen atoms in total. The third-order valence-corrected chi connectivity index (χ3v) is 6.19. The molecule has 2 heterocycles. The van der Waals surface area contributed by atoms with Gasteiger partial charge in [-0.1, -0.05) is 6.92 Å². The fourth-order valence-electron chi connectivity index (χ4n) is 3.32. The van der Waals surface area contributed by atoms with Gasteiger partial charge in [0.05, 0.1) is 43.7 Å². The summed E-state index contributed by atoms with van der Waals surface area (Å²) >= 11 is 5.17. The van der Waals surface area contributed by atoms with Gasteiger partial charge in [-0.2, -0.15) is 0 Å². The van der Waals surface area contributed by atoms with Gasteiger partial charge in [0.1, 0.15) is 6.10 Å². The lowest BCUT2D eigenvalue weighted by molar-refractivity contribution is -0.0322. The second-order valence-corrected chi connectivity index (χ2v) is 9.31. The summed E-state index contributed by atoms with van der Waals surface area (Å²) in [7, 11) is 3.27. The van der Waals surface area contributed by atoms with Crippen LogP contribution in [0.5, 0.6) is 0 Å². The minimum Gasteiger partial charge on any atom is -0.382 e. The van der Waals surface area contributed by atoms with Crippen LogP contribution in [0.4, 0.5) is 0 Å². The van der Waals surface area contributed by atoms with Crippen LogP contribution < -0.4 is 0 Å². The molecular weight excluding hydrogens is 355 g/mol. The molecule has 142 valence electrons. The van der Waals surface area contributed by atoms with Crippen molar-refractivity contribution in [3.63, 3.8) is 0 Å². The first-order chi connectivity index (χ1) is 11.3. The van der Waals surface area contributed by atoms with Crippen LogP contribution in [0, 0.1) is 5.92 Å². The van der Waals surface area contributed by atoms with Crippen molar-refractivity contribution in [1.29, 1.82) is 0 Å². The van der Waals surface area contributed by atoms with Crippen molar-refractivity contribution < 1.29 is 32.9 Å². The smallest absolute Gasteiger partial charge is 0.324 e. The van der Waals surface area contributed by atoms with Crippen LogP contribution in [0.15, 0.2) is 0 Å². The van der Waals surface area contributed by atoms with Crippen molar-refractivity contribution in [2.45, 2.75) is 63.8 Å². The molecule has 0 amide bonds. The zero-order valence-corrected chi connectivity index (χ0v) is 16.6. The largest absolute Gasteiger partial charge is 0.382 e. The maximum atomic E-state index is 10.4. The van der Waals surface area contributed by atoms with Crippen molar-refractivity contribution in [2.24, 2.45) is 5.92 Å². The first-order valence-corrected chi connectivity index (χ1v) is 10.8. The lowest BCUT2D eigenvalue weighted by Gasteiger charge is -2.26. The predicted molar refractivity (Wildman–Crippen MR) is 92.5 cm³/mol. The van der Waals surface area contributed by atoms with E-state index in [1.165, 1.54) is 0 Å². The summed E-state index contributed by atoms with van der Waals surface area (Å²) in [6, 6.07) is 0. The molecule has 2 fully saturated rings. The van der Waals surface area contributed by atoms with Crippen LogP contribution in [0.25, 0.3) is 0 Å². The molecule has 2 saturated heterocycles. The monoisotopic (exact) mass is 384 g/mol. The van der Waals surface area contributed by atoms with E-state index in [1.54, 1.807) is 14.2 Å². The van der Waals surface area contributed by atoms with Gasteiger partial charge in [0, 0.05) is 26.6 Å². The second kappa shape index (κ2) is 8.84. The van der Waals surface area contributed by atoms with Gasteiger partial charge in [0.2, 0.25) is 0 Å². The summed E-state index contributed by atoms with van der Waals surface area (Å²) in [4.78, 5) is 10.4. The molecular formula is C15H29O7PS. The third-order valence-electron chi connectivity index (χ3n) is 4.63. The molecule has 2 aliphatic rings. The standard InChI is InChI=1S/C15H29O7PS/c1-9-6-12(18-5)14(20-9)8-19-23(16,24)22-15-10(2)13(7-17-4)21-11(15)3/h9-15H,6-8H2,1-5H3,(H,16,24)/t9-,10+,11-,12-,13+,14+,15+,23?/m0/s1. The molecule has 1 N–H and O–H groups in total. The van der Waals surface area contributed by atoms with Gasteiger partial charge in [-0.05, 0) is 25.7 Å². The highest BCUT2D eigenvalue weighted by Gasteiger charge is 2.43. The van der Waals surface area contributed by atoms with Crippen LogP contribution >= 0.6 is 6.72 Å². The topological polar surface area (TPSA) is 75.6 Å². The molecule has 0 bridgehead atoms. The van der Waals surface area contributed by atoms with Gasteiger partial charge < -0.3 is 32.9 Å². The molecule has 0 radical (unpaired) electrons. The Morgan fingerprint density at radius 3 is 2.46 bits per heavy atom. The van der Waals surface area contributed by atoms with Crippen molar-refractivity contribution in [2.75, 3.05) is 27.4 Å². The lowest BCUT2D eigenvalue weighted by Crippen LogP contribution is -2.30. The van der Waals surface area contributed by atoms with E-state index in [1.807, 2.05) is 20.8 Å². The van der Waals surface area contributed by atoms with E-state index in [4.69, 9.17) is 39.8 Å². The third kappa shape index (κ3) is 5.19. The van der Waals surface area contributed by atoms with Crippen LogP contribution in [-0.4, -0.2) is 69.0 Å². The molecule has 8 atom stereocenters. The molecule has 24 heavy (non-hydrogen) atoms. The molecule has 0 aromatic carbocycles. The molecule has 2 aliphatic heterocycles. The van der Waals surface area contributed by atoms with Gasteiger partial charge in [-0.25, -0.2) is 0 Å². The van der Waals surface area contributed by atoms with E-state index in [9.17, 15) is 4.89 Å². The van der Waals surface area contributed by atoms with E-state index in [0.29, 0.717) is 6.61 Å². The van der Waals surface area contributed by atoms with Crippen molar-refractivity contribution >= 4 is 18.5 Å². The van der Waals surface area contributed by atoms with Crippen molar-refractivity contribution in [1.82, 2.24) is 0 Å². The van der Waals surface area contributed by atoms with Crippen LogP contribution in [-0.2, 0) is 39.8 Å². The van der Waals surface area contributed by atoms with Gasteiger partial charge in [-0.15, -0.1) is 0 Å². The van der Waals surface area contributed by atoms with Crippen LogP contribution in [0.1, 0.15) is 27.2 Å². The fraction of sp³-hybridized carbons (Fsp3) is 1.00. The first-order valence-electron chi connectivity index (χ1n) is 8.25. The molecule has 0 aliphatic carbocycles. The highest BCUT2D eigenvalue weighted by molar-refractivity contribution is 8.07. The van der Waals surface area contributed by atoms with Gasteiger partial charge in [0.15, 0.2) is 0 Å². The summed E-state index contributed by atoms with van der Waals surface area (Å²) in [5, 5.41) is 0. The minimum absolute atomic E-state index is 0.0486. The Morgan fingerprint density at radius 1 is 1.12 bits per heavy atom. The maximum absolute atomic E-state index is 10.4. The molecule has 0 aromatic heterocycles. The molecule has 2 rings (SSSR count). The summed E-state index contributed by atoms with van der Waals surface area (Å²) in [6.07, 6.45) is -0.0211. The number of rotatable bonds is 8.